The van der Waals surface area contributed by atoms with Gasteiger partial charge in [-0.05, 0) is 56.9 Å². The van der Waals surface area contributed by atoms with E-state index in [2.05, 4.69) is 38.2 Å². The molecule has 0 saturated carbocycles. The van der Waals surface area contributed by atoms with E-state index in [0.717, 1.165) is 31.9 Å². The summed E-state index contributed by atoms with van der Waals surface area (Å²) in [6, 6.07) is 13.3. The van der Waals surface area contributed by atoms with Crippen LogP contribution in [0.5, 0.6) is 0 Å². The lowest BCUT2D eigenvalue weighted by atomic mass is 10.1. The Morgan fingerprint density at radius 2 is 1.17 bits per heavy atom. The standard InChI is InChI=1S/C47H62N6O11/c1-3-4-5-6-7-8-9-10-11-12-19-27-39(55)62-31-38(47(60)61)50-44(59)40(32(2)54)53-42(57)35(49-43(58)37-30-64-46(52-37)34-24-17-14-18-25-34)26-20-21-28-48-41(56)36-29-63-45(51-36)33-22-15-13-16-23-33/h13-18,22-25,29-30,32,35,38,40,54H,3-12,19-21,26-28,31H2,1-2H3,(H,48,56)(H,49,58)(H,50,59)(H,53,57)(H,60,61)/t32?,35-,38-,40-/m0/s1. The van der Waals surface area contributed by atoms with Gasteiger partial charge in [-0.2, -0.15) is 0 Å². The number of oxazole rings is 2. The third kappa shape index (κ3) is 17.4. The number of aromatic nitrogens is 2. The van der Waals surface area contributed by atoms with Gasteiger partial charge in [0, 0.05) is 24.1 Å². The van der Waals surface area contributed by atoms with Crippen molar-refractivity contribution in [2.24, 2.45) is 0 Å². The number of rotatable bonds is 30. The Kier molecular flexibility index (Phi) is 21.7. The van der Waals surface area contributed by atoms with Gasteiger partial charge in [-0.1, -0.05) is 108 Å². The Hall–Kier alpha value is -6.36. The van der Waals surface area contributed by atoms with Gasteiger partial charge in [0.2, 0.25) is 23.6 Å². The van der Waals surface area contributed by atoms with Crippen LogP contribution in [-0.4, -0.2) is 93.1 Å². The van der Waals surface area contributed by atoms with Crippen molar-refractivity contribution in [2.45, 2.75) is 134 Å². The molecule has 0 spiro atoms. The van der Waals surface area contributed by atoms with Crippen molar-refractivity contribution in [3.63, 3.8) is 0 Å². The summed E-state index contributed by atoms with van der Waals surface area (Å²) < 4.78 is 16.1. The van der Waals surface area contributed by atoms with E-state index < -0.39 is 66.4 Å². The van der Waals surface area contributed by atoms with Crippen LogP contribution < -0.4 is 21.3 Å². The lowest BCUT2D eigenvalue weighted by molar-refractivity contribution is -0.151. The normalized spacial score (nSPS) is 12.9. The van der Waals surface area contributed by atoms with Crippen LogP contribution in [0.25, 0.3) is 22.9 Å². The minimum Gasteiger partial charge on any atom is -0.480 e. The van der Waals surface area contributed by atoms with Crippen molar-refractivity contribution >= 4 is 35.6 Å². The van der Waals surface area contributed by atoms with Crippen LogP contribution in [0.3, 0.4) is 0 Å². The molecule has 0 aliphatic rings. The van der Waals surface area contributed by atoms with Crippen molar-refractivity contribution in [3.05, 3.63) is 84.6 Å². The van der Waals surface area contributed by atoms with Gasteiger partial charge in [-0.15, -0.1) is 0 Å². The first-order chi connectivity index (χ1) is 31.0. The summed E-state index contributed by atoms with van der Waals surface area (Å²) in [6.45, 7) is 2.94. The Morgan fingerprint density at radius 3 is 1.70 bits per heavy atom. The molecule has 64 heavy (non-hydrogen) atoms. The summed E-state index contributed by atoms with van der Waals surface area (Å²) in [6.07, 6.45) is 13.8. The summed E-state index contributed by atoms with van der Waals surface area (Å²) >= 11 is 0. The summed E-state index contributed by atoms with van der Waals surface area (Å²) in [5, 5.41) is 30.4. The Morgan fingerprint density at radius 1 is 0.641 bits per heavy atom. The highest BCUT2D eigenvalue weighted by atomic mass is 16.5. The molecule has 0 radical (unpaired) electrons. The van der Waals surface area contributed by atoms with E-state index in [1.54, 1.807) is 36.4 Å². The number of aliphatic carboxylic acids is 1. The van der Waals surface area contributed by atoms with Crippen molar-refractivity contribution in [3.8, 4) is 22.9 Å². The van der Waals surface area contributed by atoms with Crippen LogP contribution in [0, 0.1) is 0 Å². The number of amides is 4. The number of carbonyl (C=O) groups excluding carboxylic acids is 5. The molecule has 346 valence electrons. The predicted molar refractivity (Wildman–Crippen MR) is 237 cm³/mol. The van der Waals surface area contributed by atoms with E-state index in [1.807, 2.05) is 24.3 Å². The maximum Gasteiger partial charge on any atom is 0.329 e. The quantitative estimate of drug-likeness (QED) is 0.0246. The Bertz CT molecular complexity index is 2050. The highest BCUT2D eigenvalue weighted by molar-refractivity contribution is 5.98. The fourth-order valence-electron chi connectivity index (χ4n) is 6.73. The van der Waals surface area contributed by atoms with Crippen LogP contribution in [0.1, 0.15) is 131 Å². The maximum atomic E-state index is 13.8. The SMILES string of the molecule is CCCCCCCCCCCCCC(=O)OC[C@H](NC(=O)[C@@H](NC(=O)[C@H](CCCCNC(=O)c1coc(-c2ccccc2)n1)NC(=O)c1coc(-c2ccccc2)n1)C(C)O)C(=O)O. The van der Waals surface area contributed by atoms with Crippen LogP contribution in [0.15, 0.2) is 82.0 Å². The number of nitrogens with one attached hydrogen (secondary N) is 4. The number of benzene rings is 2. The second kappa shape index (κ2) is 27.6. The number of carboxylic acid groups (broad SMARTS) is 1. The van der Waals surface area contributed by atoms with E-state index in [9.17, 15) is 39.0 Å². The van der Waals surface area contributed by atoms with E-state index in [4.69, 9.17) is 13.6 Å². The topological polar surface area (TPSA) is 252 Å². The van der Waals surface area contributed by atoms with Gasteiger partial charge >= 0.3 is 11.9 Å². The summed E-state index contributed by atoms with van der Waals surface area (Å²) in [4.78, 5) is 86.3. The lowest BCUT2D eigenvalue weighted by Crippen LogP contribution is -2.59. The van der Waals surface area contributed by atoms with E-state index in [0.29, 0.717) is 24.0 Å². The number of unbranched alkanes of at least 4 members (excludes halogenated alkanes) is 11. The molecule has 0 aliphatic heterocycles. The maximum absolute atomic E-state index is 13.8. The number of aliphatic hydroxyl groups is 1. The van der Waals surface area contributed by atoms with Crippen LogP contribution in [0.2, 0.25) is 0 Å². The number of aliphatic hydroxyl groups excluding tert-OH is 1. The van der Waals surface area contributed by atoms with Gasteiger partial charge in [-0.25, -0.2) is 14.8 Å². The molecule has 0 bridgehead atoms. The molecule has 4 aromatic rings. The number of carbonyl (C=O) groups is 6. The molecule has 17 heteroatoms. The van der Waals surface area contributed by atoms with E-state index >= 15 is 0 Å². The zero-order valence-electron chi connectivity index (χ0n) is 36.7. The largest absolute Gasteiger partial charge is 0.480 e. The van der Waals surface area contributed by atoms with Gasteiger partial charge in [0.15, 0.2) is 17.4 Å². The molecule has 2 aromatic heterocycles. The Labute approximate surface area is 373 Å². The fraction of sp³-hybridized carbons (Fsp3) is 0.489. The molecule has 1 unspecified atom stereocenters. The number of hydrogen-bond donors (Lipinski definition) is 6. The zero-order chi connectivity index (χ0) is 46.1. The lowest BCUT2D eigenvalue weighted by Gasteiger charge is -2.26. The Balaban J connectivity index is 1.30. The molecule has 17 nitrogen and oxygen atoms in total. The predicted octanol–water partition coefficient (Wildman–Crippen LogP) is 6.37. The first-order valence-electron chi connectivity index (χ1n) is 22.2. The minimum atomic E-state index is -1.68. The van der Waals surface area contributed by atoms with Gasteiger partial charge in [0.05, 0.1) is 6.10 Å². The highest BCUT2D eigenvalue weighted by Gasteiger charge is 2.33. The van der Waals surface area contributed by atoms with E-state index in [1.165, 1.54) is 51.7 Å². The molecule has 0 saturated heterocycles. The average Bonchev–Trinajstić information content (AvgIpc) is 4.00. The second-order valence-electron chi connectivity index (χ2n) is 15.7. The van der Waals surface area contributed by atoms with Crippen molar-refractivity contribution < 1.29 is 52.6 Å². The number of carboxylic acids is 1. The second-order valence-corrected chi connectivity index (χ2v) is 15.7. The van der Waals surface area contributed by atoms with Gasteiger partial charge in [0.25, 0.3) is 11.8 Å². The van der Waals surface area contributed by atoms with Gasteiger partial charge in [0.1, 0.15) is 31.2 Å². The average molecular weight is 887 g/mol. The summed E-state index contributed by atoms with van der Waals surface area (Å²) in [5.41, 5.74) is 1.27. The number of hydrogen-bond acceptors (Lipinski definition) is 12. The smallest absolute Gasteiger partial charge is 0.329 e. The highest BCUT2D eigenvalue weighted by Crippen LogP contribution is 2.20. The molecular formula is C47H62N6O11. The van der Waals surface area contributed by atoms with Crippen LogP contribution >= 0.6 is 0 Å². The van der Waals surface area contributed by atoms with Gasteiger partial charge in [-0.3, -0.25) is 24.0 Å². The molecular weight excluding hydrogens is 825 g/mol. The van der Waals surface area contributed by atoms with Crippen molar-refractivity contribution in [2.75, 3.05) is 13.2 Å². The summed E-state index contributed by atoms with van der Waals surface area (Å²) in [7, 11) is 0. The van der Waals surface area contributed by atoms with Crippen LogP contribution in [0.4, 0.5) is 0 Å². The number of nitrogens with zero attached hydrogens (tertiary/aromatic N) is 2. The molecule has 6 N–H and O–H groups in total. The van der Waals surface area contributed by atoms with E-state index in [-0.39, 0.29) is 49.0 Å². The molecule has 4 atom stereocenters. The summed E-state index contributed by atoms with van der Waals surface area (Å²) in [5.74, 6) is -4.81. The fourth-order valence-corrected chi connectivity index (χ4v) is 6.73. The monoisotopic (exact) mass is 886 g/mol. The number of esters is 1. The third-order valence-corrected chi connectivity index (χ3v) is 10.4. The van der Waals surface area contributed by atoms with Crippen molar-refractivity contribution in [1.82, 2.24) is 31.2 Å². The molecule has 2 aromatic carbocycles. The third-order valence-electron chi connectivity index (χ3n) is 10.4. The van der Waals surface area contributed by atoms with Crippen LogP contribution in [-0.2, 0) is 23.9 Å². The molecule has 4 amide bonds. The molecule has 2 heterocycles. The number of ether oxygens (including phenoxy) is 1. The van der Waals surface area contributed by atoms with Crippen molar-refractivity contribution in [1.29, 1.82) is 0 Å². The molecule has 0 fully saturated rings. The van der Waals surface area contributed by atoms with Gasteiger partial charge < -0.3 is 45.1 Å². The zero-order valence-corrected chi connectivity index (χ0v) is 36.7. The molecule has 0 aliphatic carbocycles. The first kappa shape index (κ1) is 50.3. The molecule has 4 rings (SSSR count). The first-order valence-corrected chi connectivity index (χ1v) is 22.2. The minimum absolute atomic E-state index is 0.0138.